The molecule has 2 fully saturated rings. The van der Waals surface area contributed by atoms with Gasteiger partial charge in [-0.05, 0) is 76.3 Å². The van der Waals surface area contributed by atoms with Crippen LogP contribution in [0.3, 0.4) is 0 Å². The van der Waals surface area contributed by atoms with Gasteiger partial charge in [-0.25, -0.2) is 22.8 Å². The average Bonchev–Trinajstić information content (AvgIpc) is 3.78. The molecule has 0 radical (unpaired) electrons. The van der Waals surface area contributed by atoms with Gasteiger partial charge in [-0.15, -0.1) is 5.06 Å². The molecule has 3 aromatic rings. The second kappa shape index (κ2) is 15.4. The van der Waals surface area contributed by atoms with Crippen LogP contribution in [0.2, 0.25) is 0 Å². The first-order chi connectivity index (χ1) is 28.8. The van der Waals surface area contributed by atoms with Crippen LogP contribution in [0.1, 0.15) is 103 Å². The number of rotatable bonds is 10. The first-order valence-electron chi connectivity index (χ1n) is 21.1. The molecule has 3 amide bonds. The number of hydrogen-bond donors (Lipinski definition) is 0. The van der Waals surface area contributed by atoms with E-state index in [2.05, 4.69) is 55.4 Å². The van der Waals surface area contributed by atoms with E-state index in [-0.39, 0.29) is 43.9 Å². The number of likely N-dealkylation sites (N-methyl/N-ethyl adjacent to an activating group) is 2. The molecule has 0 aliphatic carbocycles. The van der Waals surface area contributed by atoms with Gasteiger partial charge in [0.1, 0.15) is 30.4 Å². The molecule has 5 aliphatic heterocycles. The molecule has 61 heavy (non-hydrogen) atoms. The minimum Gasteiger partial charge on any atom is -0.748 e. The number of amides is 3. The van der Waals surface area contributed by atoms with Crippen molar-refractivity contribution in [1.82, 2.24) is 24.1 Å². The van der Waals surface area contributed by atoms with Gasteiger partial charge in [-0.1, -0.05) is 13.0 Å². The quantitative estimate of drug-likeness (QED) is 0.129. The van der Waals surface area contributed by atoms with Gasteiger partial charge in [0, 0.05) is 92.4 Å². The van der Waals surface area contributed by atoms with Crippen LogP contribution in [0.5, 0.6) is 11.5 Å². The maximum Gasteiger partial charge on any atom is 0.336 e. The molecule has 0 unspecified atom stereocenters. The molecule has 322 valence electrons. The monoisotopic (exact) mass is 852 g/mol. The Hall–Kier alpha value is -5.61. The summed E-state index contributed by atoms with van der Waals surface area (Å²) in [6.45, 7) is 16.5. The van der Waals surface area contributed by atoms with Gasteiger partial charge in [0.2, 0.25) is 11.3 Å². The summed E-state index contributed by atoms with van der Waals surface area (Å²) < 4.78 is 47.9. The fraction of sp³-hybridized carbons (Fsp3) is 0.467. The molecule has 15 nitrogen and oxygen atoms in total. The number of hydrogen-bond acceptors (Lipinski definition) is 11. The average molecular weight is 853 g/mol. The normalized spacial score (nSPS) is 19.4. The van der Waals surface area contributed by atoms with Gasteiger partial charge >= 0.3 is 5.97 Å². The largest absolute Gasteiger partial charge is 0.748 e. The topological polar surface area (TPSA) is 174 Å². The highest BCUT2D eigenvalue weighted by Gasteiger charge is 2.39. The van der Waals surface area contributed by atoms with Gasteiger partial charge in [0.25, 0.3) is 11.8 Å². The molecule has 2 aromatic carbocycles. The summed E-state index contributed by atoms with van der Waals surface area (Å²) in [6, 6.07) is 8.03. The standard InChI is InChI=1S/C45H52N6O9S/c1-8-27-23-44(4,5)49(9-2)34-21-36-32(19-30(27)34)41(33-20-31-29(26-61(56,57)58)24-45(6,7)50(10-3)35(31)22-37(33)59-36)42-46-15-18-48(42)25-40(54)47-16-13-28(14-17-47)43(55)60-51-38(52)11-12-39(51)53/h15,18-24,28H,8-14,16-17,25-26H2,1-7H3. The second-order valence-corrected chi connectivity index (χ2v) is 18.8. The van der Waals surface area contributed by atoms with Crippen molar-refractivity contribution >= 4 is 56.2 Å². The van der Waals surface area contributed by atoms with E-state index in [0.717, 1.165) is 35.1 Å². The number of carbonyl (C=O) groups excluding carboxylic acids is 4. The van der Waals surface area contributed by atoms with E-state index in [9.17, 15) is 32.1 Å². The number of nitrogens with zero attached hydrogens (tertiary/aromatic N) is 6. The van der Waals surface area contributed by atoms with Crippen LogP contribution in [0.4, 0.5) is 5.69 Å². The molecule has 0 atom stereocenters. The molecule has 0 bridgehead atoms. The van der Waals surface area contributed by atoms with Crippen molar-refractivity contribution in [1.29, 1.82) is 0 Å². The van der Waals surface area contributed by atoms with Crippen molar-refractivity contribution in [2.45, 2.75) is 98.2 Å². The van der Waals surface area contributed by atoms with Gasteiger partial charge < -0.3 is 28.5 Å². The van der Waals surface area contributed by atoms with Crippen LogP contribution in [0.25, 0.3) is 16.7 Å². The van der Waals surface area contributed by atoms with Crippen molar-refractivity contribution in [3.05, 3.63) is 81.9 Å². The molecule has 0 N–H and O–H groups in total. The molecule has 8 rings (SSSR count). The van der Waals surface area contributed by atoms with Crippen molar-refractivity contribution in [2.24, 2.45) is 5.92 Å². The molecule has 0 spiro atoms. The summed E-state index contributed by atoms with van der Waals surface area (Å²) >= 11 is 0. The zero-order valence-electron chi connectivity index (χ0n) is 35.7. The van der Waals surface area contributed by atoms with Crippen LogP contribution >= 0.6 is 0 Å². The third-order valence-electron chi connectivity index (χ3n) is 12.6. The maximum absolute atomic E-state index is 14.1. The van der Waals surface area contributed by atoms with E-state index >= 15 is 0 Å². The number of piperidine rings is 1. The Morgan fingerprint density at radius 3 is 2.28 bits per heavy atom. The molecule has 5 aliphatic rings. The third kappa shape index (κ3) is 7.57. The lowest BCUT2D eigenvalue weighted by Gasteiger charge is -2.43. The predicted molar refractivity (Wildman–Crippen MR) is 226 cm³/mol. The Bertz CT molecular complexity index is 2690. The van der Waals surface area contributed by atoms with E-state index in [1.807, 2.05) is 39.0 Å². The van der Waals surface area contributed by atoms with Crippen LogP contribution in [-0.2, 0) is 40.7 Å². The number of anilines is 1. The SMILES string of the molecule is CCC1=CC(C)(C)N(CC)c2cc3c(cc21)C(c1nccn1CC(=O)N1CCC(C(=O)ON2C(=O)CCC2=O)CC1)=c1cc2c(cc1O3)=[N+](CC)C(C)(C)C=C2CS(=O)(=O)[O-]. The molecule has 6 heterocycles. The number of likely N-dealkylation sites (tertiary alicyclic amines) is 1. The van der Waals surface area contributed by atoms with E-state index in [4.69, 9.17) is 14.6 Å². The van der Waals surface area contributed by atoms with E-state index in [0.29, 0.717) is 63.7 Å². The lowest BCUT2D eigenvalue weighted by atomic mass is 9.84. The fourth-order valence-corrected chi connectivity index (χ4v) is 10.4. The Kier molecular flexibility index (Phi) is 10.6. The van der Waals surface area contributed by atoms with Crippen molar-refractivity contribution in [3.63, 3.8) is 0 Å². The smallest absolute Gasteiger partial charge is 0.336 e. The molecular formula is C45H52N6O9S. The number of imidazole rings is 1. The number of ether oxygens (including phenoxy) is 1. The summed E-state index contributed by atoms with van der Waals surface area (Å²) in [5.41, 5.74) is 4.85. The second-order valence-electron chi connectivity index (χ2n) is 17.4. The Morgan fingerprint density at radius 2 is 1.64 bits per heavy atom. The number of imide groups is 1. The first-order valence-corrected chi connectivity index (χ1v) is 22.6. The predicted octanol–water partition coefficient (Wildman–Crippen LogP) is 3.73. The maximum atomic E-state index is 14.1. The molecule has 16 heteroatoms. The highest BCUT2D eigenvalue weighted by atomic mass is 32.2. The van der Waals surface area contributed by atoms with E-state index < -0.39 is 45.1 Å². The van der Waals surface area contributed by atoms with Crippen LogP contribution in [0.15, 0.2) is 48.8 Å². The number of fused-ring (bicyclic) bond motifs is 4. The van der Waals surface area contributed by atoms with Crippen molar-refractivity contribution < 1.29 is 41.7 Å². The molecular weight excluding hydrogens is 801 g/mol. The van der Waals surface area contributed by atoms with Crippen molar-refractivity contribution in [2.75, 3.05) is 36.8 Å². The summed E-state index contributed by atoms with van der Waals surface area (Å²) in [4.78, 5) is 65.0. The Morgan fingerprint density at radius 1 is 0.934 bits per heavy atom. The Labute approximate surface area is 355 Å². The summed E-state index contributed by atoms with van der Waals surface area (Å²) in [5.74, 6) is -1.55. The summed E-state index contributed by atoms with van der Waals surface area (Å²) in [5, 5.41) is 1.93. The molecule has 2 saturated heterocycles. The fourth-order valence-electron chi connectivity index (χ4n) is 9.80. The minimum atomic E-state index is -4.65. The van der Waals surface area contributed by atoms with Crippen LogP contribution in [-0.4, -0.2) is 99.2 Å². The number of allylic oxidation sites excluding steroid dienone is 1. The van der Waals surface area contributed by atoms with Gasteiger partial charge in [0.05, 0.1) is 39.0 Å². The van der Waals surface area contributed by atoms with Crippen LogP contribution in [0, 0.1) is 5.92 Å². The first kappa shape index (κ1) is 42.1. The number of hydroxylamine groups is 2. The number of carbonyl (C=O) groups is 4. The van der Waals surface area contributed by atoms with Crippen LogP contribution < -0.4 is 24.8 Å². The lowest BCUT2D eigenvalue weighted by Crippen LogP contribution is -2.50. The minimum absolute atomic E-state index is 0.00924. The highest BCUT2D eigenvalue weighted by Crippen LogP contribution is 2.47. The number of benzene rings is 2. The van der Waals surface area contributed by atoms with E-state index in [1.165, 1.54) is 5.57 Å². The lowest BCUT2D eigenvalue weighted by molar-refractivity contribution is -0.201. The molecule has 0 saturated carbocycles. The number of aromatic nitrogens is 2. The zero-order chi connectivity index (χ0) is 43.8. The van der Waals surface area contributed by atoms with Gasteiger partial charge in [-0.3, -0.25) is 14.4 Å². The van der Waals surface area contributed by atoms with Crippen molar-refractivity contribution in [3.8, 4) is 11.5 Å². The van der Waals surface area contributed by atoms with Gasteiger partial charge in [-0.2, -0.15) is 0 Å². The van der Waals surface area contributed by atoms with E-state index in [1.54, 1.807) is 21.9 Å². The molecule has 1 aromatic heterocycles. The summed E-state index contributed by atoms with van der Waals surface area (Å²) in [7, 11) is -4.65. The Balaban J connectivity index is 1.23. The third-order valence-corrected chi connectivity index (χ3v) is 13.3. The van der Waals surface area contributed by atoms with Gasteiger partial charge in [0.15, 0.2) is 5.54 Å². The summed E-state index contributed by atoms with van der Waals surface area (Å²) in [6.07, 6.45) is 8.96. The highest BCUT2D eigenvalue weighted by molar-refractivity contribution is 7.86. The zero-order valence-corrected chi connectivity index (χ0v) is 36.6.